The number of carbonyl (C=O) groups is 2. The maximum absolute atomic E-state index is 12.4. The first-order valence-corrected chi connectivity index (χ1v) is 9.11. The number of benzene rings is 2. The van der Waals surface area contributed by atoms with E-state index in [2.05, 4.69) is 10.2 Å². The number of nitrogens with zero attached hydrogens (tertiary/aromatic N) is 2. The minimum absolute atomic E-state index is 0.0332. The first kappa shape index (κ1) is 19.2. The summed E-state index contributed by atoms with van der Waals surface area (Å²) in [5.74, 6) is 0.320. The zero-order chi connectivity index (χ0) is 19.4. The Kier molecular flexibility index (Phi) is 5.98. The number of amides is 2. The summed E-state index contributed by atoms with van der Waals surface area (Å²) in [4.78, 5) is 28.5. The number of hydrogen-bond donors (Lipinski definition) is 1. The van der Waals surface area contributed by atoms with Crippen molar-refractivity contribution in [3.05, 3.63) is 53.1 Å². The van der Waals surface area contributed by atoms with Gasteiger partial charge in [-0.05, 0) is 69.5 Å². The van der Waals surface area contributed by atoms with Crippen LogP contribution in [0.1, 0.15) is 16.8 Å². The maximum Gasteiger partial charge on any atom is 0.265 e. The largest absolute Gasteiger partial charge is 0.482 e. The van der Waals surface area contributed by atoms with Crippen molar-refractivity contribution in [3.63, 3.8) is 0 Å². The van der Waals surface area contributed by atoms with Gasteiger partial charge in [0.25, 0.3) is 11.8 Å². The van der Waals surface area contributed by atoms with Gasteiger partial charge in [0.1, 0.15) is 5.75 Å². The molecule has 1 aliphatic rings. The van der Waals surface area contributed by atoms with Gasteiger partial charge in [0, 0.05) is 22.8 Å². The first-order valence-electron chi connectivity index (χ1n) is 8.73. The topological polar surface area (TPSA) is 61.9 Å². The van der Waals surface area contributed by atoms with Gasteiger partial charge < -0.3 is 19.9 Å². The lowest BCUT2D eigenvalue weighted by Crippen LogP contribution is -2.40. The van der Waals surface area contributed by atoms with E-state index < -0.39 is 0 Å². The molecule has 0 atom stereocenters. The molecule has 6 nitrogen and oxygen atoms in total. The molecule has 0 aliphatic carbocycles. The van der Waals surface area contributed by atoms with Crippen LogP contribution in [0.15, 0.2) is 42.5 Å². The van der Waals surface area contributed by atoms with E-state index in [0.717, 1.165) is 13.0 Å². The number of anilines is 2. The second-order valence-electron chi connectivity index (χ2n) is 6.63. The predicted octanol–water partition coefficient (Wildman–Crippen LogP) is 3.27. The molecule has 142 valence electrons. The van der Waals surface area contributed by atoms with E-state index in [1.54, 1.807) is 47.4 Å². The molecule has 3 rings (SSSR count). The van der Waals surface area contributed by atoms with Crippen LogP contribution in [-0.2, 0) is 4.79 Å². The number of rotatable bonds is 6. The third-order valence-electron chi connectivity index (χ3n) is 4.25. The Bertz CT molecular complexity index is 837. The van der Waals surface area contributed by atoms with Crippen molar-refractivity contribution in [2.45, 2.75) is 6.42 Å². The van der Waals surface area contributed by atoms with Gasteiger partial charge in [-0.2, -0.15) is 0 Å². The van der Waals surface area contributed by atoms with Crippen LogP contribution in [0, 0.1) is 0 Å². The Hall–Kier alpha value is -2.57. The summed E-state index contributed by atoms with van der Waals surface area (Å²) >= 11 is 5.86. The van der Waals surface area contributed by atoms with E-state index in [1.807, 2.05) is 14.1 Å². The Morgan fingerprint density at radius 3 is 2.67 bits per heavy atom. The maximum atomic E-state index is 12.4. The predicted molar refractivity (Wildman–Crippen MR) is 107 cm³/mol. The molecule has 0 saturated heterocycles. The number of fused-ring (bicyclic) bond motifs is 1. The molecule has 2 aromatic rings. The van der Waals surface area contributed by atoms with Crippen molar-refractivity contribution in [1.82, 2.24) is 4.90 Å². The lowest BCUT2D eigenvalue weighted by atomic mass is 10.1. The van der Waals surface area contributed by atoms with Crippen molar-refractivity contribution in [3.8, 4) is 5.75 Å². The highest BCUT2D eigenvalue weighted by Crippen LogP contribution is 2.34. The van der Waals surface area contributed by atoms with Gasteiger partial charge in [-0.3, -0.25) is 9.59 Å². The van der Waals surface area contributed by atoms with Crippen molar-refractivity contribution < 1.29 is 14.3 Å². The summed E-state index contributed by atoms with van der Waals surface area (Å²) in [6.45, 7) is 1.51. The first-order chi connectivity index (χ1) is 12.9. The van der Waals surface area contributed by atoms with Gasteiger partial charge in [0.15, 0.2) is 6.61 Å². The van der Waals surface area contributed by atoms with Gasteiger partial charge in [-0.15, -0.1) is 0 Å². The van der Waals surface area contributed by atoms with Crippen LogP contribution in [0.5, 0.6) is 5.75 Å². The molecule has 0 saturated carbocycles. The fourth-order valence-corrected chi connectivity index (χ4v) is 3.00. The van der Waals surface area contributed by atoms with Crippen LogP contribution in [0.2, 0.25) is 5.02 Å². The van der Waals surface area contributed by atoms with Crippen LogP contribution in [0.25, 0.3) is 0 Å². The zero-order valence-electron chi connectivity index (χ0n) is 15.4. The zero-order valence-corrected chi connectivity index (χ0v) is 16.1. The van der Waals surface area contributed by atoms with Gasteiger partial charge >= 0.3 is 0 Å². The molecule has 27 heavy (non-hydrogen) atoms. The van der Waals surface area contributed by atoms with Crippen LogP contribution >= 0.6 is 11.6 Å². The van der Waals surface area contributed by atoms with E-state index in [-0.39, 0.29) is 18.4 Å². The van der Waals surface area contributed by atoms with Gasteiger partial charge in [0.2, 0.25) is 0 Å². The highest BCUT2D eigenvalue weighted by molar-refractivity contribution is 6.30. The van der Waals surface area contributed by atoms with Crippen LogP contribution < -0.4 is 15.0 Å². The SMILES string of the molecule is CN(C)CCCN1C(=O)COc2ccc(NC(=O)c3ccc(Cl)cc3)cc21. The molecule has 0 aromatic heterocycles. The summed E-state index contributed by atoms with van der Waals surface area (Å²) in [7, 11) is 4.00. The highest BCUT2D eigenvalue weighted by atomic mass is 35.5. The molecule has 0 fully saturated rings. The monoisotopic (exact) mass is 387 g/mol. The Labute approximate surface area is 163 Å². The molecule has 1 heterocycles. The molecule has 1 aliphatic heterocycles. The second kappa shape index (κ2) is 8.41. The van der Waals surface area contributed by atoms with Crippen molar-refractivity contribution in [2.75, 3.05) is 44.0 Å². The van der Waals surface area contributed by atoms with Crippen molar-refractivity contribution in [2.24, 2.45) is 0 Å². The number of nitrogens with one attached hydrogen (secondary N) is 1. The number of carbonyl (C=O) groups excluding carboxylic acids is 2. The Balaban J connectivity index is 1.77. The summed E-state index contributed by atoms with van der Waals surface area (Å²) in [5.41, 5.74) is 1.79. The third-order valence-corrected chi connectivity index (χ3v) is 4.51. The molecule has 0 spiro atoms. The number of ether oxygens (including phenoxy) is 1. The number of hydrogen-bond acceptors (Lipinski definition) is 4. The lowest BCUT2D eigenvalue weighted by Gasteiger charge is -2.30. The van der Waals surface area contributed by atoms with E-state index in [4.69, 9.17) is 16.3 Å². The fourth-order valence-electron chi connectivity index (χ4n) is 2.87. The molecular weight excluding hydrogens is 366 g/mol. The summed E-state index contributed by atoms with van der Waals surface area (Å²) in [5, 5.41) is 3.43. The lowest BCUT2D eigenvalue weighted by molar-refractivity contribution is -0.121. The molecule has 2 aromatic carbocycles. The third kappa shape index (κ3) is 4.78. The molecule has 2 amide bonds. The van der Waals surface area contributed by atoms with Gasteiger partial charge in [-0.1, -0.05) is 11.6 Å². The van der Waals surface area contributed by atoms with E-state index in [0.29, 0.717) is 34.3 Å². The fraction of sp³-hybridized carbons (Fsp3) is 0.300. The second-order valence-corrected chi connectivity index (χ2v) is 7.07. The molecule has 0 bridgehead atoms. The molecule has 1 N–H and O–H groups in total. The minimum Gasteiger partial charge on any atom is -0.482 e. The highest BCUT2D eigenvalue weighted by Gasteiger charge is 2.25. The summed E-state index contributed by atoms with van der Waals surface area (Å²) in [6, 6.07) is 12.0. The van der Waals surface area contributed by atoms with E-state index in [9.17, 15) is 9.59 Å². The summed E-state index contributed by atoms with van der Waals surface area (Å²) in [6.07, 6.45) is 0.847. The van der Waals surface area contributed by atoms with Crippen molar-refractivity contribution >= 4 is 34.8 Å². The van der Waals surface area contributed by atoms with Gasteiger partial charge in [-0.25, -0.2) is 0 Å². The average molecular weight is 388 g/mol. The molecule has 0 radical (unpaired) electrons. The molecular formula is C20H22ClN3O3. The minimum atomic E-state index is -0.242. The molecule has 0 unspecified atom stereocenters. The smallest absolute Gasteiger partial charge is 0.265 e. The Morgan fingerprint density at radius 2 is 1.96 bits per heavy atom. The standard InChI is InChI=1S/C20H22ClN3O3/c1-23(2)10-3-11-24-17-12-16(8-9-18(17)27-13-19(24)25)22-20(26)14-4-6-15(21)7-5-14/h4-9,12H,3,10-11,13H2,1-2H3,(H,22,26). The normalized spacial score (nSPS) is 13.3. The van der Waals surface area contributed by atoms with Crippen LogP contribution in [0.3, 0.4) is 0 Å². The van der Waals surface area contributed by atoms with Crippen LogP contribution in [0.4, 0.5) is 11.4 Å². The van der Waals surface area contributed by atoms with Gasteiger partial charge in [0.05, 0.1) is 5.69 Å². The molecule has 7 heteroatoms. The summed E-state index contributed by atoms with van der Waals surface area (Å²) < 4.78 is 5.52. The average Bonchev–Trinajstić information content (AvgIpc) is 2.64. The van der Waals surface area contributed by atoms with E-state index >= 15 is 0 Å². The quantitative estimate of drug-likeness (QED) is 0.826. The van der Waals surface area contributed by atoms with Crippen LogP contribution in [-0.4, -0.2) is 50.5 Å². The number of halogens is 1. The van der Waals surface area contributed by atoms with E-state index in [1.165, 1.54) is 0 Å². The van der Waals surface area contributed by atoms with Crippen molar-refractivity contribution in [1.29, 1.82) is 0 Å². The Morgan fingerprint density at radius 1 is 1.22 bits per heavy atom.